The normalized spacial score (nSPS) is 12.9. The van der Waals surface area contributed by atoms with Gasteiger partial charge in [-0.2, -0.15) is 0 Å². The van der Waals surface area contributed by atoms with E-state index in [1.807, 2.05) is 60.7 Å². The van der Waals surface area contributed by atoms with Gasteiger partial charge in [0.05, 0.1) is 6.04 Å². The van der Waals surface area contributed by atoms with Crippen LogP contribution in [0.2, 0.25) is 5.02 Å². The topological polar surface area (TPSA) is 33.3 Å². The van der Waals surface area contributed by atoms with E-state index in [0.29, 0.717) is 0 Å². The fraction of sp³-hybridized carbons (Fsp3) is 0.0526. The quantitative estimate of drug-likeness (QED) is 0.654. The molecule has 3 aromatic rings. The Labute approximate surface area is 139 Å². The van der Waals surface area contributed by atoms with E-state index in [4.69, 9.17) is 16.3 Å². The van der Waals surface area contributed by atoms with E-state index in [1.54, 1.807) is 0 Å². The van der Waals surface area contributed by atoms with E-state index >= 15 is 0 Å². The predicted molar refractivity (Wildman–Crippen MR) is 93.0 cm³/mol. The van der Waals surface area contributed by atoms with Crippen LogP contribution in [0, 0.1) is 0 Å². The number of ether oxygens (including phenoxy) is 1. The van der Waals surface area contributed by atoms with Gasteiger partial charge in [0.25, 0.3) is 0 Å². The van der Waals surface area contributed by atoms with Crippen molar-refractivity contribution in [2.45, 2.75) is 6.04 Å². The van der Waals surface area contributed by atoms with Gasteiger partial charge in [-0.3, -0.25) is 0 Å². The van der Waals surface area contributed by atoms with E-state index < -0.39 is 0 Å². The van der Waals surface area contributed by atoms with E-state index in [9.17, 15) is 0 Å². The highest BCUT2D eigenvalue weighted by atomic mass is 35.5. The number of fused-ring (bicyclic) bond motifs is 2. The van der Waals surface area contributed by atoms with Gasteiger partial charge in [-0.25, -0.2) is 5.43 Å². The first-order valence-corrected chi connectivity index (χ1v) is 7.82. The van der Waals surface area contributed by atoms with Crippen molar-refractivity contribution >= 4 is 17.3 Å². The first-order chi connectivity index (χ1) is 11.3. The third-order valence-electron chi connectivity index (χ3n) is 3.89. The number of hydrazine groups is 1. The predicted octanol–water partition coefficient (Wildman–Crippen LogP) is 5.15. The molecule has 2 N–H and O–H groups in total. The number of hydrogen-bond donors (Lipinski definition) is 2. The van der Waals surface area contributed by atoms with Crippen LogP contribution < -0.4 is 15.6 Å². The third kappa shape index (κ3) is 2.77. The Morgan fingerprint density at radius 2 is 1.30 bits per heavy atom. The number of benzene rings is 3. The monoisotopic (exact) mass is 322 g/mol. The van der Waals surface area contributed by atoms with Crippen LogP contribution in [-0.4, -0.2) is 0 Å². The van der Waals surface area contributed by atoms with Gasteiger partial charge in [-0.15, -0.1) is 0 Å². The first kappa shape index (κ1) is 14.1. The smallest absolute Gasteiger partial charge is 0.132 e. The molecule has 23 heavy (non-hydrogen) atoms. The van der Waals surface area contributed by atoms with Crippen molar-refractivity contribution in [1.82, 2.24) is 5.43 Å². The Morgan fingerprint density at radius 3 is 1.91 bits per heavy atom. The Bertz CT molecular complexity index is 787. The first-order valence-electron chi connectivity index (χ1n) is 7.44. The molecule has 1 heterocycles. The molecule has 0 bridgehead atoms. The summed E-state index contributed by atoms with van der Waals surface area (Å²) in [5, 5.41) is 0.720. The minimum absolute atomic E-state index is 0.00632. The molecule has 0 amide bonds. The summed E-state index contributed by atoms with van der Waals surface area (Å²) in [5.41, 5.74) is 9.82. The largest absolute Gasteiger partial charge is 0.457 e. The van der Waals surface area contributed by atoms with Gasteiger partial charge >= 0.3 is 0 Å². The van der Waals surface area contributed by atoms with Crippen LogP contribution in [0.15, 0.2) is 72.8 Å². The van der Waals surface area contributed by atoms with Crippen molar-refractivity contribution in [2.24, 2.45) is 0 Å². The molecule has 0 unspecified atom stereocenters. The van der Waals surface area contributed by atoms with Gasteiger partial charge in [0.2, 0.25) is 0 Å². The maximum atomic E-state index is 5.99. The van der Waals surface area contributed by atoms with Gasteiger partial charge < -0.3 is 10.2 Å². The zero-order chi connectivity index (χ0) is 15.6. The lowest BCUT2D eigenvalue weighted by Crippen LogP contribution is -2.30. The van der Waals surface area contributed by atoms with E-state index in [-0.39, 0.29) is 6.04 Å². The van der Waals surface area contributed by atoms with Crippen molar-refractivity contribution in [1.29, 1.82) is 0 Å². The van der Waals surface area contributed by atoms with Crippen molar-refractivity contribution in [3.8, 4) is 11.5 Å². The fourth-order valence-corrected chi connectivity index (χ4v) is 2.88. The molecular weight excluding hydrogens is 308 g/mol. The number of hydrogen-bond acceptors (Lipinski definition) is 3. The molecule has 0 atom stereocenters. The lowest BCUT2D eigenvalue weighted by atomic mass is 9.95. The summed E-state index contributed by atoms with van der Waals surface area (Å²) in [6.45, 7) is 0. The highest BCUT2D eigenvalue weighted by Gasteiger charge is 2.26. The molecule has 3 nitrogen and oxygen atoms in total. The van der Waals surface area contributed by atoms with E-state index in [2.05, 4.69) is 23.0 Å². The Hall–Kier alpha value is -2.49. The number of rotatable bonds is 3. The molecular formula is C19H15ClN2O. The van der Waals surface area contributed by atoms with Crippen LogP contribution in [0.5, 0.6) is 11.5 Å². The van der Waals surface area contributed by atoms with Gasteiger partial charge in [-0.05, 0) is 36.4 Å². The summed E-state index contributed by atoms with van der Waals surface area (Å²) in [4.78, 5) is 0. The van der Waals surface area contributed by atoms with Crippen LogP contribution in [0.1, 0.15) is 17.2 Å². The van der Waals surface area contributed by atoms with Gasteiger partial charge in [0.15, 0.2) is 0 Å². The molecule has 0 spiro atoms. The average molecular weight is 323 g/mol. The third-order valence-corrected chi connectivity index (χ3v) is 4.14. The van der Waals surface area contributed by atoms with Crippen molar-refractivity contribution in [3.63, 3.8) is 0 Å². The lowest BCUT2D eigenvalue weighted by molar-refractivity contribution is 0.435. The zero-order valence-corrected chi connectivity index (χ0v) is 13.0. The van der Waals surface area contributed by atoms with Gasteiger partial charge in [-0.1, -0.05) is 48.0 Å². The van der Waals surface area contributed by atoms with E-state index in [0.717, 1.165) is 33.3 Å². The second-order valence-corrected chi connectivity index (χ2v) is 5.82. The summed E-state index contributed by atoms with van der Waals surface area (Å²) in [6, 6.07) is 23.7. The molecule has 1 aliphatic rings. The summed E-state index contributed by atoms with van der Waals surface area (Å²) < 4.78 is 5.99. The van der Waals surface area contributed by atoms with Crippen LogP contribution in [-0.2, 0) is 0 Å². The van der Waals surface area contributed by atoms with Gasteiger partial charge in [0.1, 0.15) is 11.5 Å². The second-order valence-electron chi connectivity index (χ2n) is 5.39. The summed E-state index contributed by atoms with van der Waals surface area (Å²) >= 11 is 5.93. The average Bonchev–Trinajstić information content (AvgIpc) is 2.60. The molecule has 0 aromatic heterocycles. The fourth-order valence-electron chi connectivity index (χ4n) is 2.75. The van der Waals surface area contributed by atoms with Crippen molar-refractivity contribution in [3.05, 3.63) is 88.9 Å². The number of nitrogens with one attached hydrogen (secondary N) is 2. The standard InChI is InChI=1S/C19H15ClN2O/c20-13-9-11-14(12-10-13)21-22-19-15-5-1-3-7-17(15)23-18-8-4-2-6-16(18)19/h1-12,19,21-22H. The Kier molecular flexibility index (Phi) is 3.66. The molecule has 0 fully saturated rings. The molecule has 0 saturated carbocycles. The highest BCUT2D eigenvalue weighted by Crippen LogP contribution is 2.42. The Balaban J connectivity index is 1.66. The molecule has 0 radical (unpaired) electrons. The Morgan fingerprint density at radius 1 is 0.739 bits per heavy atom. The van der Waals surface area contributed by atoms with Crippen LogP contribution in [0.25, 0.3) is 0 Å². The minimum Gasteiger partial charge on any atom is -0.457 e. The number of para-hydroxylation sites is 2. The summed E-state index contributed by atoms with van der Waals surface area (Å²) in [7, 11) is 0. The SMILES string of the molecule is Clc1ccc(NNC2c3ccccc3Oc3ccccc32)cc1. The summed E-state index contributed by atoms with van der Waals surface area (Å²) in [5.74, 6) is 1.75. The molecule has 3 aromatic carbocycles. The van der Waals surface area contributed by atoms with Crippen molar-refractivity contribution < 1.29 is 4.74 Å². The maximum Gasteiger partial charge on any atom is 0.132 e. The van der Waals surface area contributed by atoms with Crippen LogP contribution >= 0.6 is 11.6 Å². The van der Waals surface area contributed by atoms with E-state index in [1.165, 1.54) is 0 Å². The minimum atomic E-state index is 0.00632. The molecule has 114 valence electrons. The summed E-state index contributed by atoms with van der Waals surface area (Å²) in [6.07, 6.45) is 0. The van der Waals surface area contributed by atoms with Gasteiger partial charge in [0, 0.05) is 21.8 Å². The van der Waals surface area contributed by atoms with Crippen LogP contribution in [0.3, 0.4) is 0 Å². The molecule has 4 rings (SSSR count). The molecule has 1 aliphatic heterocycles. The molecule has 0 saturated heterocycles. The highest BCUT2D eigenvalue weighted by molar-refractivity contribution is 6.30. The van der Waals surface area contributed by atoms with Crippen LogP contribution in [0.4, 0.5) is 5.69 Å². The zero-order valence-electron chi connectivity index (χ0n) is 12.3. The van der Waals surface area contributed by atoms with Crippen molar-refractivity contribution in [2.75, 3.05) is 5.43 Å². The number of halogens is 1. The number of anilines is 1. The maximum absolute atomic E-state index is 5.99. The molecule has 0 aliphatic carbocycles. The lowest BCUT2D eigenvalue weighted by Gasteiger charge is -2.29. The molecule has 4 heteroatoms. The second kappa shape index (κ2) is 5.95.